The van der Waals surface area contributed by atoms with E-state index in [1.54, 1.807) is 24.0 Å². The first-order chi connectivity index (χ1) is 16.1. The molecule has 33 heavy (non-hydrogen) atoms. The smallest absolute Gasteiger partial charge is 0.231 e. The highest BCUT2D eigenvalue weighted by Gasteiger charge is 2.19. The molecule has 9 nitrogen and oxygen atoms in total. The molecule has 0 radical (unpaired) electrons. The third-order valence-electron chi connectivity index (χ3n) is 5.50. The van der Waals surface area contributed by atoms with Crippen LogP contribution in [0.15, 0.2) is 48.9 Å². The molecule has 1 amide bonds. The van der Waals surface area contributed by atoms with Crippen molar-refractivity contribution in [2.45, 2.75) is 19.3 Å². The van der Waals surface area contributed by atoms with Crippen LogP contribution in [0.4, 0.5) is 5.82 Å². The summed E-state index contributed by atoms with van der Waals surface area (Å²) in [6.07, 6.45) is 8.96. The van der Waals surface area contributed by atoms with Gasteiger partial charge in [0.15, 0.2) is 11.5 Å². The second-order valence-electron chi connectivity index (χ2n) is 7.88. The van der Waals surface area contributed by atoms with E-state index in [4.69, 9.17) is 10.7 Å². The van der Waals surface area contributed by atoms with Gasteiger partial charge in [0.1, 0.15) is 11.6 Å². The Labute approximate surface area is 191 Å². The number of piperidine rings is 1. The van der Waals surface area contributed by atoms with Crippen molar-refractivity contribution in [3.63, 3.8) is 0 Å². The van der Waals surface area contributed by atoms with Crippen LogP contribution < -0.4 is 16.0 Å². The fraction of sp³-hybridized carbons (Fsp3) is 0.292. The molecule has 1 aromatic carbocycles. The summed E-state index contributed by atoms with van der Waals surface area (Å²) in [5.74, 6) is 0.442. The molecule has 9 heteroatoms. The first-order valence-electron chi connectivity index (χ1n) is 10.9. The van der Waals surface area contributed by atoms with Crippen LogP contribution >= 0.6 is 0 Å². The fourth-order valence-electron chi connectivity index (χ4n) is 3.92. The quantitative estimate of drug-likeness (QED) is 0.497. The lowest BCUT2D eigenvalue weighted by molar-refractivity contribution is -0.117. The van der Waals surface area contributed by atoms with E-state index in [-0.39, 0.29) is 12.5 Å². The standard InChI is InChI=1S/C21H18N6.C3H8N2O/c22-11-17-14-27-21(25-20(17)26-8-4-1-5-9-26)18(13-24-27)16-10-15-6-2-3-7-19(15)23-12-16;1-5-2-3(4)6/h2-3,6-7,10,12-14H,1,4-5,8-9H2;5H,2H2,1H3,(H2,4,6). The molecule has 168 valence electrons. The molecule has 1 aliphatic rings. The molecule has 1 aliphatic heterocycles. The average Bonchev–Trinajstić information content (AvgIpc) is 3.26. The number of aromatic nitrogens is 4. The number of nitriles is 1. The van der Waals surface area contributed by atoms with E-state index in [0.29, 0.717) is 5.56 Å². The van der Waals surface area contributed by atoms with Gasteiger partial charge in [0, 0.05) is 35.8 Å². The van der Waals surface area contributed by atoms with Crippen LogP contribution in [0, 0.1) is 11.3 Å². The number of nitrogens with one attached hydrogen (secondary N) is 1. The number of nitrogens with two attached hydrogens (primary N) is 1. The van der Waals surface area contributed by atoms with Crippen molar-refractivity contribution in [3.05, 3.63) is 54.5 Å². The highest BCUT2D eigenvalue weighted by atomic mass is 16.1. The number of para-hydroxylation sites is 1. The summed E-state index contributed by atoms with van der Waals surface area (Å²) in [7, 11) is 1.67. The molecule has 4 heterocycles. The monoisotopic (exact) mass is 442 g/mol. The Balaban J connectivity index is 0.000000385. The number of amides is 1. The SMILES string of the molecule is CNCC(N)=O.N#Cc1cn2ncc(-c3cnc4ccccc4c3)c2nc1N1CCCCC1. The molecule has 1 fully saturated rings. The van der Waals surface area contributed by atoms with E-state index in [0.717, 1.165) is 59.4 Å². The largest absolute Gasteiger partial charge is 0.369 e. The Bertz CT molecular complexity index is 1320. The molecule has 0 saturated carbocycles. The predicted octanol–water partition coefficient (Wildman–Crippen LogP) is 2.50. The van der Waals surface area contributed by atoms with Gasteiger partial charge in [0.25, 0.3) is 0 Å². The van der Waals surface area contributed by atoms with Crippen molar-refractivity contribution in [2.24, 2.45) is 5.73 Å². The van der Waals surface area contributed by atoms with Crippen molar-refractivity contribution >= 4 is 28.3 Å². The van der Waals surface area contributed by atoms with Crippen LogP contribution in [0.2, 0.25) is 0 Å². The van der Waals surface area contributed by atoms with E-state index in [2.05, 4.69) is 38.5 Å². The zero-order chi connectivity index (χ0) is 23.2. The van der Waals surface area contributed by atoms with Crippen molar-refractivity contribution in [3.8, 4) is 17.2 Å². The number of rotatable bonds is 4. The van der Waals surface area contributed by atoms with Gasteiger partial charge in [-0.3, -0.25) is 9.78 Å². The molecule has 4 aromatic rings. The summed E-state index contributed by atoms with van der Waals surface area (Å²) in [6, 6.07) is 12.4. The van der Waals surface area contributed by atoms with Crippen molar-refractivity contribution < 1.29 is 4.79 Å². The van der Waals surface area contributed by atoms with Crippen LogP contribution in [-0.4, -0.2) is 52.2 Å². The number of benzene rings is 1. The van der Waals surface area contributed by atoms with Gasteiger partial charge in [-0.15, -0.1) is 0 Å². The van der Waals surface area contributed by atoms with Crippen LogP contribution in [0.1, 0.15) is 24.8 Å². The van der Waals surface area contributed by atoms with Crippen molar-refractivity contribution in [2.75, 3.05) is 31.6 Å². The maximum atomic E-state index is 9.76. The molecule has 0 aliphatic carbocycles. The summed E-state index contributed by atoms with van der Waals surface area (Å²) >= 11 is 0. The Morgan fingerprint density at radius 2 is 2.00 bits per heavy atom. The number of fused-ring (bicyclic) bond motifs is 2. The topological polar surface area (TPSA) is 125 Å². The van der Waals surface area contributed by atoms with E-state index in [1.165, 1.54) is 6.42 Å². The number of hydrogen-bond acceptors (Lipinski definition) is 7. The zero-order valence-corrected chi connectivity index (χ0v) is 18.5. The number of pyridine rings is 1. The number of carbonyl (C=O) groups excluding carboxylic acids is 1. The van der Waals surface area contributed by atoms with Crippen LogP contribution in [-0.2, 0) is 4.79 Å². The molecule has 5 rings (SSSR count). The zero-order valence-electron chi connectivity index (χ0n) is 18.5. The highest BCUT2D eigenvalue weighted by molar-refractivity contribution is 5.87. The van der Waals surface area contributed by atoms with Crippen molar-refractivity contribution in [1.29, 1.82) is 5.26 Å². The summed E-state index contributed by atoms with van der Waals surface area (Å²) in [4.78, 5) is 21.4. The molecule has 0 atom stereocenters. The molecule has 1 saturated heterocycles. The molecule has 3 aromatic heterocycles. The predicted molar refractivity (Wildman–Crippen MR) is 128 cm³/mol. The number of primary amides is 1. The summed E-state index contributed by atoms with van der Waals surface area (Å²) < 4.78 is 1.69. The third-order valence-corrected chi connectivity index (χ3v) is 5.50. The number of anilines is 1. The first kappa shape index (κ1) is 22.2. The lowest BCUT2D eigenvalue weighted by Crippen LogP contribution is -2.31. The third kappa shape index (κ3) is 4.91. The minimum Gasteiger partial charge on any atom is -0.369 e. The van der Waals surface area contributed by atoms with Crippen LogP contribution in [0.3, 0.4) is 0 Å². The summed E-state index contributed by atoms with van der Waals surface area (Å²) in [5, 5.41) is 17.7. The van der Waals surface area contributed by atoms with Crippen LogP contribution in [0.25, 0.3) is 27.7 Å². The minimum absolute atomic E-state index is 0.264. The van der Waals surface area contributed by atoms with E-state index < -0.39 is 0 Å². The van der Waals surface area contributed by atoms with Gasteiger partial charge >= 0.3 is 0 Å². The van der Waals surface area contributed by atoms with Gasteiger partial charge in [-0.2, -0.15) is 10.4 Å². The fourth-order valence-corrected chi connectivity index (χ4v) is 3.92. The van der Waals surface area contributed by atoms with Crippen LogP contribution in [0.5, 0.6) is 0 Å². The van der Waals surface area contributed by atoms with E-state index in [9.17, 15) is 10.1 Å². The van der Waals surface area contributed by atoms with Gasteiger partial charge < -0.3 is 16.0 Å². The summed E-state index contributed by atoms with van der Waals surface area (Å²) in [6.45, 7) is 2.15. The second kappa shape index (κ2) is 10.1. The van der Waals surface area contributed by atoms with Gasteiger partial charge in [-0.1, -0.05) is 18.2 Å². The Kier molecular flexibility index (Phi) is 6.76. The number of nitrogens with zero attached hydrogens (tertiary/aromatic N) is 6. The van der Waals surface area contributed by atoms with Gasteiger partial charge in [-0.05, 0) is 38.4 Å². The lowest BCUT2D eigenvalue weighted by Gasteiger charge is -2.28. The van der Waals surface area contributed by atoms with Gasteiger partial charge in [0.2, 0.25) is 5.91 Å². The highest BCUT2D eigenvalue weighted by Crippen LogP contribution is 2.29. The van der Waals surface area contributed by atoms with E-state index >= 15 is 0 Å². The van der Waals surface area contributed by atoms with Gasteiger partial charge in [-0.25, -0.2) is 9.50 Å². The summed E-state index contributed by atoms with van der Waals surface area (Å²) in [5.41, 5.74) is 8.89. The number of hydrogen-bond donors (Lipinski definition) is 2. The number of carbonyl (C=O) groups is 1. The average molecular weight is 443 g/mol. The maximum absolute atomic E-state index is 9.76. The Morgan fingerprint density at radius 1 is 1.21 bits per heavy atom. The molecule has 0 bridgehead atoms. The van der Waals surface area contributed by atoms with E-state index in [1.807, 2.05) is 24.4 Å². The Morgan fingerprint density at radius 3 is 2.70 bits per heavy atom. The first-order valence-corrected chi connectivity index (χ1v) is 10.9. The van der Waals surface area contributed by atoms with Gasteiger partial charge in [0.05, 0.1) is 24.5 Å². The second-order valence-corrected chi connectivity index (χ2v) is 7.88. The normalized spacial score (nSPS) is 13.4. The van der Waals surface area contributed by atoms with Crippen molar-refractivity contribution in [1.82, 2.24) is 24.9 Å². The minimum atomic E-state index is -0.322. The lowest BCUT2D eigenvalue weighted by atomic mass is 10.1. The molecular weight excluding hydrogens is 416 g/mol. The molecule has 0 unspecified atom stereocenters. The Hall–Kier alpha value is -4.03. The molecular formula is C24H26N8O. The number of likely N-dealkylation sites (N-methyl/N-ethyl adjacent to an activating group) is 1. The maximum Gasteiger partial charge on any atom is 0.231 e. The molecule has 0 spiro atoms. The molecule has 3 N–H and O–H groups in total.